The van der Waals surface area contributed by atoms with E-state index in [0.717, 1.165) is 46.6 Å². The minimum atomic E-state index is -0.299. The summed E-state index contributed by atoms with van der Waals surface area (Å²) in [4.78, 5) is 20.6. The standard InChI is InChI=1S/C23H22ClN7O/c1-12-8-17(26-22-19(12)27-28-30(22)3)31-20(13-4-6-15(24)7-5-13)21-18(23(31)32)16(11-29(21)2)14-9-25-10-14/h4-8,11,14,20,25H,9-10H2,1-3H3. The fraction of sp³-hybridized carbons (Fsp3) is 0.304. The van der Waals surface area contributed by atoms with Crippen molar-refractivity contribution in [2.24, 2.45) is 14.1 Å². The van der Waals surface area contributed by atoms with Crippen molar-refractivity contribution in [3.05, 3.63) is 69.5 Å². The first kappa shape index (κ1) is 19.5. The Bertz CT molecular complexity index is 1380. The maximum atomic E-state index is 14.0. The lowest BCUT2D eigenvalue weighted by atomic mass is 9.92. The minimum Gasteiger partial charge on any atom is -0.351 e. The van der Waals surface area contributed by atoms with Crippen LogP contribution in [0.2, 0.25) is 5.02 Å². The fourth-order valence-electron chi connectivity index (χ4n) is 4.85. The molecule has 9 heteroatoms. The van der Waals surface area contributed by atoms with Gasteiger partial charge in [-0.3, -0.25) is 9.69 Å². The molecule has 2 aliphatic rings. The van der Waals surface area contributed by atoms with Gasteiger partial charge in [0.1, 0.15) is 17.4 Å². The molecule has 0 spiro atoms. The van der Waals surface area contributed by atoms with Crippen molar-refractivity contribution in [2.45, 2.75) is 18.9 Å². The van der Waals surface area contributed by atoms with Crippen molar-refractivity contribution in [3.63, 3.8) is 0 Å². The van der Waals surface area contributed by atoms with Gasteiger partial charge in [0, 0.05) is 44.3 Å². The zero-order valence-electron chi connectivity index (χ0n) is 18.0. The number of anilines is 1. The summed E-state index contributed by atoms with van der Waals surface area (Å²) in [6.45, 7) is 3.75. The largest absolute Gasteiger partial charge is 0.351 e. The first-order chi connectivity index (χ1) is 15.4. The Labute approximate surface area is 189 Å². The molecule has 5 heterocycles. The number of hydrogen-bond acceptors (Lipinski definition) is 5. The summed E-state index contributed by atoms with van der Waals surface area (Å²) in [5.41, 5.74) is 6.20. The molecule has 1 unspecified atom stereocenters. The van der Waals surface area contributed by atoms with E-state index in [1.165, 1.54) is 0 Å². The molecule has 1 amide bonds. The van der Waals surface area contributed by atoms with E-state index in [-0.39, 0.29) is 11.9 Å². The average Bonchev–Trinajstić information content (AvgIpc) is 3.35. The summed E-state index contributed by atoms with van der Waals surface area (Å²) >= 11 is 6.17. The molecule has 1 atom stereocenters. The summed E-state index contributed by atoms with van der Waals surface area (Å²) in [6.07, 6.45) is 2.11. The van der Waals surface area contributed by atoms with Crippen LogP contribution in [-0.2, 0) is 14.1 Å². The summed E-state index contributed by atoms with van der Waals surface area (Å²) in [5, 5.41) is 12.3. The molecule has 0 saturated carbocycles. The summed E-state index contributed by atoms with van der Waals surface area (Å²) in [5.74, 6) is 0.918. The van der Waals surface area contributed by atoms with Gasteiger partial charge in [0.15, 0.2) is 5.65 Å². The predicted molar refractivity (Wildman–Crippen MR) is 122 cm³/mol. The molecule has 1 N–H and O–H groups in total. The van der Waals surface area contributed by atoms with Crippen molar-refractivity contribution < 1.29 is 4.79 Å². The lowest BCUT2D eigenvalue weighted by Gasteiger charge is -2.28. The second kappa shape index (κ2) is 6.88. The highest BCUT2D eigenvalue weighted by molar-refractivity contribution is 6.30. The van der Waals surface area contributed by atoms with E-state index >= 15 is 0 Å². The highest BCUT2D eigenvalue weighted by Gasteiger charge is 2.45. The first-order valence-corrected chi connectivity index (χ1v) is 11.0. The number of carbonyl (C=O) groups is 1. The van der Waals surface area contributed by atoms with E-state index in [4.69, 9.17) is 16.6 Å². The van der Waals surface area contributed by atoms with Gasteiger partial charge >= 0.3 is 0 Å². The van der Waals surface area contributed by atoms with Gasteiger partial charge in [-0.25, -0.2) is 9.67 Å². The number of halogens is 1. The topological polar surface area (TPSA) is 80.9 Å². The summed E-state index contributed by atoms with van der Waals surface area (Å²) in [7, 11) is 3.82. The Morgan fingerprint density at radius 2 is 1.91 bits per heavy atom. The number of aryl methyl sites for hydroxylation is 3. The van der Waals surface area contributed by atoms with Gasteiger partial charge in [-0.2, -0.15) is 0 Å². The molecule has 2 aliphatic heterocycles. The molecular weight excluding hydrogens is 426 g/mol. The van der Waals surface area contributed by atoms with Crippen molar-refractivity contribution >= 4 is 34.5 Å². The van der Waals surface area contributed by atoms with E-state index in [1.807, 2.05) is 56.3 Å². The Balaban J connectivity index is 1.58. The highest BCUT2D eigenvalue weighted by Crippen LogP contribution is 2.45. The Morgan fingerprint density at radius 3 is 2.59 bits per heavy atom. The van der Waals surface area contributed by atoms with Gasteiger partial charge < -0.3 is 9.88 Å². The van der Waals surface area contributed by atoms with Gasteiger partial charge in [-0.1, -0.05) is 28.9 Å². The third kappa shape index (κ3) is 2.66. The fourth-order valence-corrected chi connectivity index (χ4v) is 4.98. The van der Waals surface area contributed by atoms with Gasteiger partial charge in [-0.05, 0) is 41.8 Å². The first-order valence-electron chi connectivity index (χ1n) is 10.6. The Morgan fingerprint density at radius 1 is 1.16 bits per heavy atom. The lowest BCUT2D eigenvalue weighted by Crippen LogP contribution is -2.40. The van der Waals surface area contributed by atoms with Crippen LogP contribution in [0, 0.1) is 6.92 Å². The monoisotopic (exact) mass is 447 g/mol. The third-order valence-electron chi connectivity index (χ3n) is 6.60. The summed E-state index contributed by atoms with van der Waals surface area (Å²) < 4.78 is 3.74. The number of hydrogen-bond donors (Lipinski definition) is 1. The third-order valence-corrected chi connectivity index (χ3v) is 6.85. The molecule has 162 valence electrons. The van der Waals surface area contributed by atoms with E-state index < -0.39 is 0 Å². The summed E-state index contributed by atoms with van der Waals surface area (Å²) in [6, 6.07) is 9.32. The van der Waals surface area contributed by atoms with Gasteiger partial charge in [-0.15, -0.1) is 5.10 Å². The minimum absolute atomic E-state index is 0.0242. The van der Waals surface area contributed by atoms with Crippen LogP contribution in [0.5, 0.6) is 0 Å². The van der Waals surface area contributed by atoms with Crippen LogP contribution in [0.25, 0.3) is 11.2 Å². The number of rotatable bonds is 3. The van der Waals surface area contributed by atoms with Gasteiger partial charge in [0.2, 0.25) is 0 Å². The van der Waals surface area contributed by atoms with Gasteiger partial charge in [0.25, 0.3) is 5.91 Å². The van der Waals surface area contributed by atoms with Gasteiger partial charge in [0.05, 0.1) is 11.3 Å². The van der Waals surface area contributed by atoms with Crippen LogP contribution < -0.4 is 10.2 Å². The maximum Gasteiger partial charge on any atom is 0.262 e. The van der Waals surface area contributed by atoms with Crippen molar-refractivity contribution in [1.82, 2.24) is 29.9 Å². The normalized spacial score (nSPS) is 18.4. The van der Waals surface area contributed by atoms with Crippen LogP contribution in [0.3, 0.4) is 0 Å². The van der Waals surface area contributed by atoms with E-state index in [1.54, 1.807) is 4.68 Å². The number of aromatic nitrogens is 5. The van der Waals surface area contributed by atoms with E-state index in [0.29, 0.717) is 22.4 Å². The molecule has 4 aromatic rings. The molecule has 0 bridgehead atoms. The van der Waals surface area contributed by atoms with Crippen LogP contribution >= 0.6 is 11.6 Å². The predicted octanol–water partition coefficient (Wildman–Crippen LogP) is 3.10. The molecule has 1 aromatic carbocycles. The van der Waals surface area contributed by atoms with Crippen LogP contribution in [-0.4, -0.2) is 43.5 Å². The van der Waals surface area contributed by atoms with E-state index in [9.17, 15) is 4.79 Å². The Kier molecular flexibility index (Phi) is 4.18. The number of carbonyl (C=O) groups excluding carboxylic acids is 1. The van der Waals surface area contributed by atoms with E-state index in [2.05, 4.69) is 26.4 Å². The Hall–Kier alpha value is -3.23. The number of benzene rings is 1. The maximum absolute atomic E-state index is 14.0. The second-order valence-electron chi connectivity index (χ2n) is 8.62. The zero-order chi connectivity index (χ0) is 22.1. The van der Waals surface area contributed by atoms with Crippen LogP contribution in [0.15, 0.2) is 36.5 Å². The van der Waals surface area contributed by atoms with Crippen molar-refractivity contribution in [2.75, 3.05) is 18.0 Å². The zero-order valence-corrected chi connectivity index (χ0v) is 18.8. The molecule has 1 fully saturated rings. The molecule has 32 heavy (non-hydrogen) atoms. The number of nitrogens with zero attached hydrogens (tertiary/aromatic N) is 6. The second-order valence-corrected chi connectivity index (χ2v) is 9.06. The molecule has 1 saturated heterocycles. The molecular formula is C23H22ClN7O. The molecule has 0 radical (unpaired) electrons. The number of pyridine rings is 1. The van der Waals surface area contributed by atoms with Crippen LogP contribution in [0.4, 0.5) is 5.82 Å². The molecule has 8 nitrogen and oxygen atoms in total. The average molecular weight is 448 g/mol. The molecule has 3 aromatic heterocycles. The number of fused-ring (bicyclic) bond motifs is 2. The SMILES string of the molecule is Cc1cc(N2C(=O)c3c(C4CNC4)cn(C)c3C2c2ccc(Cl)cc2)nc2c1nnn2C. The molecule has 6 rings (SSSR count). The van der Waals surface area contributed by atoms with Crippen LogP contribution in [0.1, 0.15) is 44.7 Å². The lowest BCUT2D eigenvalue weighted by molar-refractivity contribution is 0.0991. The molecule has 0 aliphatic carbocycles. The van der Waals surface area contributed by atoms with Crippen molar-refractivity contribution in [1.29, 1.82) is 0 Å². The number of nitrogens with one attached hydrogen (secondary N) is 1. The number of amides is 1. The van der Waals surface area contributed by atoms with Crippen molar-refractivity contribution in [3.8, 4) is 0 Å². The quantitative estimate of drug-likeness (QED) is 0.522. The highest BCUT2D eigenvalue weighted by atomic mass is 35.5. The smallest absolute Gasteiger partial charge is 0.262 e.